The average molecular weight is 368 g/mol. The average Bonchev–Trinajstić information content (AvgIpc) is 3.20. The lowest BCUT2D eigenvalue weighted by Gasteiger charge is -2.28. The van der Waals surface area contributed by atoms with Crippen LogP contribution in [0.4, 0.5) is 5.00 Å². The highest BCUT2D eigenvalue weighted by Gasteiger charge is 2.31. The van der Waals surface area contributed by atoms with Crippen LogP contribution in [0.25, 0.3) is 0 Å². The predicted molar refractivity (Wildman–Crippen MR) is 90.1 cm³/mol. The Morgan fingerprint density at radius 2 is 2.12 bits per heavy atom. The molecule has 0 aliphatic carbocycles. The van der Waals surface area contributed by atoms with E-state index in [1.54, 1.807) is 0 Å². The molecule has 9 heteroatoms. The number of anilines is 1. The van der Waals surface area contributed by atoms with Gasteiger partial charge in [-0.25, -0.2) is 0 Å². The first kappa shape index (κ1) is 17.1. The molecule has 1 aliphatic rings. The van der Waals surface area contributed by atoms with E-state index in [0.717, 1.165) is 24.4 Å². The number of nitrogens with zero attached hydrogens (tertiary/aromatic N) is 4. The van der Waals surface area contributed by atoms with Crippen LogP contribution in [0.1, 0.15) is 55.9 Å². The molecule has 0 radical (unpaired) electrons. The highest BCUT2D eigenvalue weighted by Crippen LogP contribution is 2.36. The molecule has 0 unspecified atom stereocenters. The lowest BCUT2D eigenvalue weighted by atomic mass is 9.91. The number of nitrogens with one attached hydrogen (secondary N) is 1. The van der Waals surface area contributed by atoms with Crippen molar-refractivity contribution in [3.63, 3.8) is 0 Å². The maximum atomic E-state index is 9.28. The van der Waals surface area contributed by atoms with E-state index in [-0.39, 0.29) is 23.0 Å². The summed E-state index contributed by atoms with van der Waals surface area (Å²) in [5, 5.41) is 17.5. The van der Waals surface area contributed by atoms with Crippen LogP contribution in [0.3, 0.4) is 0 Å². The Hall–Kier alpha value is -1.69. The molecule has 1 aliphatic heterocycles. The first-order valence-electron chi connectivity index (χ1n) is 7.83. The SMILES string of the molecule is CC(C)c1noc([C@H](Nc2snc(Cl)c2C#N)C2CCOCC2)n1. The molecule has 0 amide bonds. The Kier molecular flexibility index (Phi) is 5.33. The van der Waals surface area contributed by atoms with Gasteiger partial charge in [-0.2, -0.15) is 14.6 Å². The van der Waals surface area contributed by atoms with E-state index in [9.17, 15) is 5.26 Å². The van der Waals surface area contributed by atoms with Gasteiger partial charge >= 0.3 is 0 Å². The van der Waals surface area contributed by atoms with E-state index in [4.69, 9.17) is 20.9 Å². The molecular weight excluding hydrogens is 350 g/mol. The van der Waals surface area contributed by atoms with Gasteiger partial charge < -0.3 is 14.6 Å². The van der Waals surface area contributed by atoms with Crippen molar-refractivity contribution in [2.75, 3.05) is 18.5 Å². The minimum Gasteiger partial charge on any atom is -0.381 e. The van der Waals surface area contributed by atoms with E-state index in [0.29, 0.717) is 35.5 Å². The molecule has 0 aromatic carbocycles. The van der Waals surface area contributed by atoms with Crippen molar-refractivity contribution >= 4 is 28.1 Å². The van der Waals surface area contributed by atoms with Crippen molar-refractivity contribution in [2.24, 2.45) is 5.92 Å². The second-order valence-corrected chi connectivity index (χ2v) is 7.14. The Morgan fingerprint density at radius 1 is 1.38 bits per heavy atom. The molecular formula is C15H18ClN5O2S. The van der Waals surface area contributed by atoms with Crippen LogP contribution in [0.5, 0.6) is 0 Å². The van der Waals surface area contributed by atoms with Gasteiger partial charge in [-0.1, -0.05) is 30.6 Å². The zero-order valence-electron chi connectivity index (χ0n) is 13.5. The molecule has 1 N–H and O–H groups in total. The zero-order valence-corrected chi connectivity index (χ0v) is 15.0. The van der Waals surface area contributed by atoms with Crippen LogP contribution < -0.4 is 5.32 Å². The Balaban J connectivity index is 1.90. The number of rotatable bonds is 5. The zero-order chi connectivity index (χ0) is 17.1. The van der Waals surface area contributed by atoms with E-state index >= 15 is 0 Å². The third kappa shape index (κ3) is 3.53. The molecule has 7 nitrogen and oxygen atoms in total. The topological polar surface area (TPSA) is 96.9 Å². The number of ether oxygens (including phenoxy) is 1. The molecule has 0 spiro atoms. The van der Waals surface area contributed by atoms with Gasteiger partial charge in [0.05, 0.1) is 0 Å². The van der Waals surface area contributed by atoms with Crippen molar-refractivity contribution in [1.29, 1.82) is 5.26 Å². The van der Waals surface area contributed by atoms with Crippen LogP contribution in [0.2, 0.25) is 5.15 Å². The van der Waals surface area contributed by atoms with Gasteiger partial charge in [-0.05, 0) is 30.3 Å². The summed E-state index contributed by atoms with van der Waals surface area (Å²) in [5.74, 6) is 1.66. The van der Waals surface area contributed by atoms with Gasteiger partial charge in [0.1, 0.15) is 22.7 Å². The first-order chi connectivity index (χ1) is 11.6. The maximum Gasteiger partial charge on any atom is 0.249 e. The van der Waals surface area contributed by atoms with Crippen molar-refractivity contribution in [2.45, 2.75) is 38.6 Å². The molecule has 3 rings (SSSR count). The van der Waals surface area contributed by atoms with Crippen LogP contribution in [-0.4, -0.2) is 27.7 Å². The fourth-order valence-electron chi connectivity index (χ4n) is 2.65. The largest absolute Gasteiger partial charge is 0.381 e. The van der Waals surface area contributed by atoms with E-state index < -0.39 is 0 Å². The molecule has 24 heavy (non-hydrogen) atoms. The van der Waals surface area contributed by atoms with E-state index in [1.807, 2.05) is 13.8 Å². The third-order valence-corrected chi connectivity index (χ3v) is 5.18. The van der Waals surface area contributed by atoms with Gasteiger partial charge in [-0.3, -0.25) is 0 Å². The summed E-state index contributed by atoms with van der Waals surface area (Å²) in [6, 6.07) is 1.89. The number of hydrogen-bond donors (Lipinski definition) is 1. The fourth-order valence-corrected chi connectivity index (χ4v) is 3.62. The Morgan fingerprint density at radius 3 is 2.75 bits per heavy atom. The van der Waals surface area contributed by atoms with E-state index in [2.05, 4.69) is 25.9 Å². The molecule has 0 bridgehead atoms. The third-order valence-electron chi connectivity index (χ3n) is 4.03. The van der Waals surface area contributed by atoms with Crippen molar-refractivity contribution in [3.8, 4) is 6.07 Å². The maximum absolute atomic E-state index is 9.28. The lowest BCUT2D eigenvalue weighted by molar-refractivity contribution is 0.0571. The van der Waals surface area contributed by atoms with Gasteiger partial charge in [0, 0.05) is 19.1 Å². The van der Waals surface area contributed by atoms with Crippen LogP contribution in [0.15, 0.2) is 4.52 Å². The molecule has 128 valence electrons. The summed E-state index contributed by atoms with van der Waals surface area (Å²) >= 11 is 7.14. The number of aromatic nitrogens is 3. The number of nitriles is 1. The van der Waals surface area contributed by atoms with Gasteiger partial charge in [0.2, 0.25) is 5.89 Å². The summed E-state index contributed by atoms with van der Waals surface area (Å²) < 4.78 is 15.0. The van der Waals surface area contributed by atoms with Crippen molar-refractivity contribution in [1.82, 2.24) is 14.5 Å². The highest BCUT2D eigenvalue weighted by atomic mass is 35.5. The van der Waals surface area contributed by atoms with Gasteiger partial charge in [-0.15, -0.1) is 0 Å². The van der Waals surface area contributed by atoms with Crippen LogP contribution in [-0.2, 0) is 4.74 Å². The van der Waals surface area contributed by atoms with Crippen molar-refractivity contribution in [3.05, 3.63) is 22.4 Å². The Labute approximate surface area is 149 Å². The number of halogens is 1. The minimum absolute atomic E-state index is 0.186. The standard InChI is InChI=1S/C15H18ClN5O2S/c1-8(2)13-19-14(23-20-13)11(9-3-5-22-6-4-9)18-15-10(7-17)12(16)21-24-15/h8-9,11,18H,3-6H2,1-2H3/t11-/m1/s1. The van der Waals surface area contributed by atoms with Gasteiger partial charge in [0.15, 0.2) is 11.0 Å². The summed E-state index contributed by atoms with van der Waals surface area (Å²) in [6.45, 7) is 5.43. The molecule has 2 aromatic heterocycles. The predicted octanol–water partition coefficient (Wildman–Crippen LogP) is 3.75. The summed E-state index contributed by atoms with van der Waals surface area (Å²) in [6.07, 6.45) is 1.76. The molecule has 1 atom stereocenters. The monoisotopic (exact) mass is 367 g/mol. The van der Waals surface area contributed by atoms with Gasteiger partial charge in [0.25, 0.3) is 0 Å². The van der Waals surface area contributed by atoms with Crippen LogP contribution >= 0.6 is 23.1 Å². The summed E-state index contributed by atoms with van der Waals surface area (Å²) in [7, 11) is 0. The molecule has 1 saturated heterocycles. The quantitative estimate of drug-likeness (QED) is 0.859. The molecule has 1 fully saturated rings. The lowest BCUT2D eigenvalue weighted by Crippen LogP contribution is -2.27. The number of hydrogen-bond acceptors (Lipinski definition) is 8. The minimum atomic E-state index is -0.197. The molecule has 2 aromatic rings. The summed E-state index contributed by atoms with van der Waals surface area (Å²) in [4.78, 5) is 4.53. The summed E-state index contributed by atoms with van der Waals surface area (Å²) in [5.41, 5.74) is 0.349. The highest BCUT2D eigenvalue weighted by molar-refractivity contribution is 7.10. The van der Waals surface area contributed by atoms with E-state index in [1.165, 1.54) is 0 Å². The second kappa shape index (κ2) is 7.47. The Bertz CT molecular complexity index is 733. The van der Waals surface area contributed by atoms with Crippen molar-refractivity contribution < 1.29 is 9.26 Å². The smallest absolute Gasteiger partial charge is 0.249 e. The molecule has 3 heterocycles. The normalized spacial score (nSPS) is 17.0. The fraction of sp³-hybridized carbons (Fsp3) is 0.600. The molecule has 0 saturated carbocycles. The first-order valence-corrected chi connectivity index (χ1v) is 8.98. The second-order valence-electron chi connectivity index (χ2n) is 6.01. The van der Waals surface area contributed by atoms with Crippen LogP contribution in [0, 0.1) is 17.2 Å².